The highest BCUT2D eigenvalue weighted by Crippen LogP contribution is 2.23. The van der Waals surface area contributed by atoms with Gasteiger partial charge in [0.1, 0.15) is 11.6 Å². The standard InChI is InChI=1S/C8H4F4O2.CH4/c9-7-2-1-6(3-5(7)4-13)14-8(10,11)12;/h1-4H;1H4. The van der Waals surface area contributed by atoms with Crippen LogP contribution in [0.4, 0.5) is 17.6 Å². The molecular weight excluding hydrogens is 216 g/mol. The average Bonchev–Trinajstić information content (AvgIpc) is 2.06. The monoisotopic (exact) mass is 224 g/mol. The molecule has 0 saturated heterocycles. The predicted molar refractivity (Wildman–Crippen MR) is 45.2 cm³/mol. The normalized spacial score (nSPS) is 10.4. The van der Waals surface area contributed by atoms with Crippen LogP contribution < -0.4 is 4.74 Å². The predicted octanol–water partition coefficient (Wildman–Crippen LogP) is 3.17. The molecule has 0 saturated carbocycles. The van der Waals surface area contributed by atoms with Gasteiger partial charge in [-0.15, -0.1) is 13.2 Å². The first-order valence-corrected chi connectivity index (χ1v) is 3.43. The first-order chi connectivity index (χ1) is 6.42. The number of hydrogen-bond donors (Lipinski definition) is 0. The van der Waals surface area contributed by atoms with Gasteiger partial charge in [-0.1, -0.05) is 7.43 Å². The Kier molecular flexibility index (Phi) is 4.26. The van der Waals surface area contributed by atoms with E-state index in [1.807, 2.05) is 0 Å². The van der Waals surface area contributed by atoms with Crippen LogP contribution >= 0.6 is 0 Å². The fourth-order valence-electron chi connectivity index (χ4n) is 0.809. The van der Waals surface area contributed by atoms with Crippen molar-refractivity contribution in [2.24, 2.45) is 0 Å². The highest BCUT2D eigenvalue weighted by Gasteiger charge is 2.31. The van der Waals surface area contributed by atoms with E-state index in [4.69, 9.17) is 0 Å². The minimum absolute atomic E-state index is 0. The van der Waals surface area contributed by atoms with Crippen LogP contribution in [-0.4, -0.2) is 12.6 Å². The maximum absolute atomic E-state index is 12.6. The Morgan fingerprint density at radius 2 is 1.87 bits per heavy atom. The summed E-state index contributed by atoms with van der Waals surface area (Å²) in [7, 11) is 0. The molecule has 0 fully saturated rings. The summed E-state index contributed by atoms with van der Waals surface area (Å²) in [6.07, 6.45) is -4.74. The lowest BCUT2D eigenvalue weighted by atomic mass is 10.2. The highest BCUT2D eigenvalue weighted by atomic mass is 19.4. The van der Waals surface area contributed by atoms with E-state index in [0.717, 1.165) is 12.1 Å². The number of hydrogen-bond acceptors (Lipinski definition) is 2. The van der Waals surface area contributed by atoms with Gasteiger partial charge in [-0.25, -0.2) is 4.39 Å². The van der Waals surface area contributed by atoms with E-state index in [1.54, 1.807) is 0 Å². The lowest BCUT2D eigenvalue weighted by Crippen LogP contribution is -2.17. The maximum Gasteiger partial charge on any atom is 0.573 e. The smallest absolute Gasteiger partial charge is 0.406 e. The van der Waals surface area contributed by atoms with Gasteiger partial charge in [0.05, 0.1) is 5.56 Å². The molecule has 6 heteroatoms. The maximum atomic E-state index is 12.6. The molecule has 1 aromatic carbocycles. The molecule has 84 valence electrons. The Hall–Kier alpha value is -1.59. The van der Waals surface area contributed by atoms with Gasteiger partial charge in [-0.2, -0.15) is 0 Å². The zero-order chi connectivity index (χ0) is 10.8. The SMILES string of the molecule is C.O=Cc1cc(OC(F)(F)F)ccc1F. The van der Waals surface area contributed by atoms with E-state index in [0.29, 0.717) is 6.07 Å². The molecule has 0 aliphatic carbocycles. The molecule has 0 aliphatic heterocycles. The third-order valence-corrected chi connectivity index (χ3v) is 1.33. The number of halogens is 4. The Labute approximate surface area is 83.5 Å². The molecule has 0 N–H and O–H groups in total. The van der Waals surface area contributed by atoms with Crippen LogP contribution in [-0.2, 0) is 0 Å². The summed E-state index contributed by atoms with van der Waals surface area (Å²) in [5, 5.41) is 0. The average molecular weight is 224 g/mol. The van der Waals surface area contributed by atoms with Gasteiger partial charge in [-0.3, -0.25) is 4.79 Å². The fraction of sp³-hybridized carbons (Fsp3) is 0.222. The van der Waals surface area contributed by atoms with Crippen molar-refractivity contribution in [1.29, 1.82) is 0 Å². The van der Waals surface area contributed by atoms with Crippen LogP contribution in [0.25, 0.3) is 0 Å². The molecule has 0 amide bonds. The van der Waals surface area contributed by atoms with Gasteiger partial charge >= 0.3 is 6.36 Å². The van der Waals surface area contributed by atoms with E-state index < -0.39 is 23.5 Å². The summed E-state index contributed by atoms with van der Waals surface area (Å²) in [5.74, 6) is -1.52. The van der Waals surface area contributed by atoms with Gasteiger partial charge in [0.2, 0.25) is 0 Å². The number of carbonyl (C=O) groups excluding carboxylic acids is 1. The summed E-state index contributed by atoms with van der Waals surface area (Å²) >= 11 is 0. The molecule has 0 heterocycles. The van der Waals surface area contributed by atoms with Crippen LogP contribution in [0.1, 0.15) is 17.8 Å². The quantitative estimate of drug-likeness (QED) is 0.569. The molecule has 0 aromatic heterocycles. The molecule has 0 aliphatic rings. The minimum Gasteiger partial charge on any atom is -0.406 e. The molecule has 0 unspecified atom stereocenters. The van der Waals surface area contributed by atoms with E-state index in [-0.39, 0.29) is 13.7 Å². The Morgan fingerprint density at radius 1 is 1.27 bits per heavy atom. The van der Waals surface area contributed by atoms with Gasteiger partial charge in [0.25, 0.3) is 0 Å². The molecule has 0 spiro atoms. The van der Waals surface area contributed by atoms with Crippen LogP contribution in [0, 0.1) is 5.82 Å². The number of ether oxygens (including phenoxy) is 1. The molecule has 1 rings (SSSR count). The summed E-state index contributed by atoms with van der Waals surface area (Å²) in [5.41, 5.74) is -0.480. The van der Waals surface area contributed by atoms with Gasteiger partial charge < -0.3 is 4.74 Å². The number of carbonyl (C=O) groups is 1. The number of rotatable bonds is 2. The van der Waals surface area contributed by atoms with Gasteiger partial charge in [0, 0.05) is 0 Å². The Balaban J connectivity index is 0.00000196. The molecular formula is C9H8F4O2. The zero-order valence-corrected chi connectivity index (χ0v) is 6.64. The minimum atomic E-state index is -4.85. The highest BCUT2D eigenvalue weighted by molar-refractivity contribution is 5.75. The van der Waals surface area contributed by atoms with Crippen molar-refractivity contribution < 1.29 is 27.1 Å². The van der Waals surface area contributed by atoms with E-state index in [2.05, 4.69) is 4.74 Å². The zero-order valence-electron chi connectivity index (χ0n) is 6.64. The molecule has 0 atom stereocenters. The van der Waals surface area contributed by atoms with Crippen molar-refractivity contribution in [3.05, 3.63) is 29.6 Å². The van der Waals surface area contributed by atoms with Gasteiger partial charge in [-0.05, 0) is 18.2 Å². The molecule has 15 heavy (non-hydrogen) atoms. The second kappa shape index (κ2) is 4.77. The van der Waals surface area contributed by atoms with Crippen LogP contribution in [0.3, 0.4) is 0 Å². The first kappa shape index (κ1) is 13.4. The Morgan fingerprint density at radius 3 is 2.33 bits per heavy atom. The lowest BCUT2D eigenvalue weighted by molar-refractivity contribution is -0.274. The van der Waals surface area contributed by atoms with E-state index in [1.165, 1.54) is 0 Å². The molecule has 1 aromatic rings. The summed E-state index contributed by atoms with van der Waals surface area (Å²) in [4.78, 5) is 10.2. The molecule has 0 radical (unpaired) electrons. The van der Waals surface area contributed by atoms with Crippen LogP contribution in [0.5, 0.6) is 5.75 Å². The molecule has 2 nitrogen and oxygen atoms in total. The largest absolute Gasteiger partial charge is 0.573 e. The number of aldehydes is 1. The molecule has 0 bridgehead atoms. The first-order valence-electron chi connectivity index (χ1n) is 3.43. The van der Waals surface area contributed by atoms with Crippen molar-refractivity contribution in [2.75, 3.05) is 0 Å². The van der Waals surface area contributed by atoms with Crippen molar-refractivity contribution in [3.63, 3.8) is 0 Å². The summed E-state index contributed by atoms with van der Waals surface area (Å²) < 4.78 is 51.1. The number of alkyl halides is 3. The van der Waals surface area contributed by atoms with Crippen molar-refractivity contribution >= 4 is 6.29 Å². The Bertz CT molecular complexity index is 346. The summed E-state index contributed by atoms with van der Waals surface area (Å²) in [6, 6.07) is 2.19. The van der Waals surface area contributed by atoms with E-state index >= 15 is 0 Å². The lowest BCUT2D eigenvalue weighted by Gasteiger charge is -2.08. The third-order valence-electron chi connectivity index (χ3n) is 1.33. The summed E-state index contributed by atoms with van der Waals surface area (Å²) in [6.45, 7) is 0. The topological polar surface area (TPSA) is 26.3 Å². The third kappa shape index (κ3) is 3.97. The van der Waals surface area contributed by atoms with Crippen molar-refractivity contribution in [1.82, 2.24) is 0 Å². The van der Waals surface area contributed by atoms with Crippen molar-refractivity contribution in [3.8, 4) is 5.75 Å². The second-order valence-corrected chi connectivity index (χ2v) is 2.35. The second-order valence-electron chi connectivity index (χ2n) is 2.35. The fourth-order valence-corrected chi connectivity index (χ4v) is 0.809. The number of benzene rings is 1. The van der Waals surface area contributed by atoms with Gasteiger partial charge in [0.15, 0.2) is 6.29 Å². The van der Waals surface area contributed by atoms with Crippen molar-refractivity contribution in [2.45, 2.75) is 13.8 Å². The van der Waals surface area contributed by atoms with Crippen LogP contribution in [0.2, 0.25) is 0 Å². The van der Waals surface area contributed by atoms with E-state index in [9.17, 15) is 22.4 Å². The van der Waals surface area contributed by atoms with Crippen LogP contribution in [0.15, 0.2) is 18.2 Å².